The van der Waals surface area contributed by atoms with E-state index in [1.54, 1.807) is 6.92 Å². The van der Waals surface area contributed by atoms with E-state index in [9.17, 15) is 4.79 Å². The minimum Gasteiger partial charge on any atom is -0.382 e. The zero-order chi connectivity index (χ0) is 9.30. The van der Waals surface area contributed by atoms with Gasteiger partial charge in [0.1, 0.15) is 5.82 Å². The molecule has 0 bridgehead atoms. The summed E-state index contributed by atoms with van der Waals surface area (Å²) in [5.41, 5.74) is 10.5. The maximum absolute atomic E-state index is 10.8. The van der Waals surface area contributed by atoms with Gasteiger partial charge in [-0.25, -0.2) is 9.66 Å². The number of primary amides is 1. The summed E-state index contributed by atoms with van der Waals surface area (Å²) in [5, 5.41) is 3.54. The van der Waals surface area contributed by atoms with Crippen molar-refractivity contribution in [3.63, 3.8) is 0 Å². The summed E-state index contributed by atoms with van der Waals surface area (Å²) >= 11 is 0. The molecule has 0 spiro atoms. The predicted molar refractivity (Wildman–Crippen MR) is 44.8 cm³/mol. The van der Waals surface area contributed by atoms with Crippen LogP contribution in [0.3, 0.4) is 0 Å². The van der Waals surface area contributed by atoms with Crippen LogP contribution in [-0.2, 0) is 0 Å². The number of aromatic nitrogens is 2. The lowest BCUT2D eigenvalue weighted by Crippen LogP contribution is -2.17. The van der Waals surface area contributed by atoms with Gasteiger partial charge in [-0.2, -0.15) is 5.10 Å². The number of anilines is 1. The summed E-state index contributed by atoms with van der Waals surface area (Å²) in [6.45, 7) is 4.91. The van der Waals surface area contributed by atoms with Gasteiger partial charge in [0.2, 0.25) is 0 Å². The fraction of sp³-hybridized carbons (Fsp3) is 0.167. The minimum atomic E-state index is -0.666. The van der Waals surface area contributed by atoms with E-state index in [0.29, 0.717) is 5.82 Å². The first kappa shape index (κ1) is 8.25. The highest BCUT2D eigenvalue weighted by molar-refractivity contribution is 5.95. The van der Waals surface area contributed by atoms with Gasteiger partial charge in [0.05, 0.1) is 0 Å². The monoisotopic (exact) mass is 167 g/mol. The van der Waals surface area contributed by atoms with Crippen LogP contribution in [0.2, 0.25) is 0 Å². The van der Waals surface area contributed by atoms with Crippen LogP contribution >= 0.6 is 0 Å². The molecule has 1 aromatic rings. The Kier molecular flexibility index (Phi) is 1.82. The third-order valence-corrected chi connectivity index (χ3v) is 1.42. The van der Waals surface area contributed by atoms with E-state index in [-0.39, 0.29) is 11.5 Å². The van der Waals surface area contributed by atoms with Crippen LogP contribution in [0.25, 0.3) is 0 Å². The van der Waals surface area contributed by atoms with Crippen LogP contribution in [0.1, 0.15) is 16.3 Å². The second kappa shape index (κ2) is 2.65. The van der Waals surface area contributed by atoms with E-state index in [1.807, 2.05) is 0 Å². The molecule has 0 aliphatic heterocycles. The first-order valence-electron chi connectivity index (χ1n) is 3.19. The quantitative estimate of drug-likeness (QED) is 0.571. The first-order chi connectivity index (χ1) is 5.57. The van der Waals surface area contributed by atoms with Crippen molar-refractivity contribution in [3.8, 4) is 0 Å². The fourth-order valence-electron chi connectivity index (χ4n) is 0.949. The maximum Gasteiger partial charge on any atom is 0.271 e. The summed E-state index contributed by atoms with van der Waals surface area (Å²) in [6.07, 6.45) is 0. The van der Waals surface area contributed by atoms with Crippen LogP contribution < -0.4 is 11.5 Å². The maximum atomic E-state index is 10.8. The largest absolute Gasteiger partial charge is 0.382 e. The fourth-order valence-corrected chi connectivity index (χ4v) is 0.949. The van der Waals surface area contributed by atoms with E-state index in [4.69, 9.17) is 11.5 Å². The Bertz CT molecular complexity index is 340. The van der Waals surface area contributed by atoms with Gasteiger partial charge in [0, 0.05) is 6.72 Å². The molecule has 0 aliphatic carbocycles. The molecular weight excluding hydrogens is 158 g/mol. The number of rotatable bonds is 2. The van der Waals surface area contributed by atoms with Crippen molar-refractivity contribution in [1.29, 1.82) is 0 Å². The van der Waals surface area contributed by atoms with E-state index in [0.717, 1.165) is 0 Å². The summed E-state index contributed by atoms with van der Waals surface area (Å²) in [6, 6.07) is 0. The molecule has 6 nitrogen and oxygen atoms in total. The molecule has 6 heteroatoms. The SMILES string of the molecule is C=Nn1c(C)nc(N)c1C(N)=O. The molecule has 0 atom stereocenters. The molecule has 0 aliphatic rings. The standard InChI is InChI=1S/C6H9N5O/c1-3-10-5(7)4(6(8)12)11(3)9-2/h2,7H2,1H3,(H2,8,12). The Hall–Kier alpha value is -1.85. The number of amides is 1. The van der Waals surface area contributed by atoms with Gasteiger partial charge in [-0.3, -0.25) is 4.79 Å². The van der Waals surface area contributed by atoms with E-state index in [2.05, 4.69) is 16.8 Å². The highest BCUT2D eigenvalue weighted by Gasteiger charge is 2.15. The predicted octanol–water partition coefficient (Wildman–Crippen LogP) is -0.664. The van der Waals surface area contributed by atoms with E-state index >= 15 is 0 Å². The lowest BCUT2D eigenvalue weighted by atomic mass is 10.4. The van der Waals surface area contributed by atoms with Crippen molar-refractivity contribution in [1.82, 2.24) is 9.66 Å². The van der Waals surface area contributed by atoms with Crippen LogP contribution in [-0.4, -0.2) is 22.3 Å². The number of imidazole rings is 1. The zero-order valence-electron chi connectivity index (χ0n) is 6.61. The molecule has 1 aromatic heterocycles. The summed E-state index contributed by atoms with van der Waals surface area (Å²) in [7, 11) is 0. The van der Waals surface area contributed by atoms with Gasteiger partial charge in [-0.05, 0) is 6.92 Å². The third kappa shape index (κ3) is 1.03. The van der Waals surface area contributed by atoms with Gasteiger partial charge in [-0.1, -0.05) is 0 Å². The molecule has 0 fully saturated rings. The van der Waals surface area contributed by atoms with Crippen LogP contribution in [0.5, 0.6) is 0 Å². The smallest absolute Gasteiger partial charge is 0.271 e. The van der Waals surface area contributed by atoms with Crippen molar-refractivity contribution in [2.24, 2.45) is 10.8 Å². The van der Waals surface area contributed by atoms with Crippen molar-refractivity contribution < 1.29 is 4.79 Å². The number of nitrogens with zero attached hydrogens (tertiary/aromatic N) is 3. The number of carbonyl (C=O) groups excluding carboxylic acids is 1. The molecule has 4 N–H and O–H groups in total. The molecule has 1 heterocycles. The van der Waals surface area contributed by atoms with Crippen molar-refractivity contribution in [2.75, 3.05) is 5.73 Å². The number of carbonyl (C=O) groups is 1. The second-order valence-electron chi connectivity index (χ2n) is 2.21. The lowest BCUT2D eigenvalue weighted by Gasteiger charge is -1.97. The highest BCUT2D eigenvalue weighted by atomic mass is 16.1. The molecule has 1 rings (SSSR count). The Balaban J connectivity index is 3.42. The van der Waals surface area contributed by atoms with Gasteiger partial charge >= 0.3 is 0 Å². The average molecular weight is 167 g/mol. The van der Waals surface area contributed by atoms with Gasteiger partial charge in [0.25, 0.3) is 5.91 Å². The number of nitrogen functional groups attached to an aromatic ring is 1. The Morgan fingerprint density at radius 1 is 1.75 bits per heavy atom. The summed E-state index contributed by atoms with van der Waals surface area (Å²) < 4.78 is 1.21. The molecule has 1 amide bonds. The summed E-state index contributed by atoms with van der Waals surface area (Å²) in [4.78, 5) is 14.6. The van der Waals surface area contributed by atoms with E-state index in [1.165, 1.54) is 4.68 Å². The molecule has 12 heavy (non-hydrogen) atoms. The second-order valence-corrected chi connectivity index (χ2v) is 2.21. The van der Waals surface area contributed by atoms with Gasteiger partial charge in [-0.15, -0.1) is 0 Å². The topological polar surface area (TPSA) is 99.3 Å². The lowest BCUT2D eigenvalue weighted by molar-refractivity contribution is 0.0993. The first-order valence-corrected chi connectivity index (χ1v) is 3.19. The molecule has 0 saturated heterocycles. The number of hydrogen-bond donors (Lipinski definition) is 2. The molecule has 0 unspecified atom stereocenters. The van der Waals surface area contributed by atoms with Crippen molar-refractivity contribution >= 4 is 18.4 Å². The minimum absolute atomic E-state index is 0.0718. The Morgan fingerprint density at radius 3 is 2.67 bits per heavy atom. The Labute approximate surface area is 68.9 Å². The zero-order valence-corrected chi connectivity index (χ0v) is 6.61. The molecular formula is C6H9N5O. The normalized spacial score (nSPS) is 9.75. The molecule has 64 valence electrons. The molecule has 0 radical (unpaired) electrons. The van der Waals surface area contributed by atoms with Crippen molar-refractivity contribution in [2.45, 2.75) is 6.92 Å². The number of hydrogen-bond acceptors (Lipinski definition) is 4. The molecule has 0 aromatic carbocycles. The van der Waals surface area contributed by atoms with Gasteiger partial charge in [0.15, 0.2) is 11.5 Å². The third-order valence-electron chi connectivity index (χ3n) is 1.42. The highest BCUT2D eigenvalue weighted by Crippen LogP contribution is 2.11. The van der Waals surface area contributed by atoms with Crippen LogP contribution in [0.15, 0.2) is 5.10 Å². The van der Waals surface area contributed by atoms with Gasteiger partial charge < -0.3 is 11.5 Å². The molecule has 0 saturated carbocycles. The number of aryl methyl sites for hydroxylation is 1. The van der Waals surface area contributed by atoms with Crippen LogP contribution in [0, 0.1) is 6.92 Å². The Morgan fingerprint density at radius 2 is 2.33 bits per heavy atom. The summed E-state index contributed by atoms with van der Waals surface area (Å²) in [5.74, 6) is -0.107. The average Bonchev–Trinajstić information content (AvgIpc) is 2.24. The van der Waals surface area contributed by atoms with Crippen molar-refractivity contribution in [3.05, 3.63) is 11.5 Å². The van der Waals surface area contributed by atoms with Crippen LogP contribution in [0.4, 0.5) is 5.82 Å². The number of nitrogens with two attached hydrogens (primary N) is 2. The van der Waals surface area contributed by atoms with E-state index < -0.39 is 5.91 Å².